The van der Waals surface area contributed by atoms with E-state index in [-0.39, 0.29) is 11.7 Å². The first-order valence-corrected chi connectivity index (χ1v) is 4.76. The lowest BCUT2D eigenvalue weighted by Gasteiger charge is -2.00. The van der Waals surface area contributed by atoms with Gasteiger partial charge in [0.2, 0.25) is 0 Å². The van der Waals surface area contributed by atoms with E-state index in [9.17, 15) is 9.59 Å². The highest BCUT2D eigenvalue weighted by molar-refractivity contribution is 5.99. The summed E-state index contributed by atoms with van der Waals surface area (Å²) in [6, 6.07) is 5.54. The quantitative estimate of drug-likeness (QED) is 0.747. The van der Waals surface area contributed by atoms with Crippen LogP contribution in [0.1, 0.15) is 21.5 Å². The molecule has 0 aliphatic carbocycles. The molecule has 15 heavy (non-hydrogen) atoms. The van der Waals surface area contributed by atoms with E-state index in [1.54, 1.807) is 6.07 Å². The number of allylic oxidation sites excluding steroid dienone is 1. The van der Waals surface area contributed by atoms with Crippen LogP contribution in [0, 0.1) is 0 Å². The molecule has 1 heterocycles. The Morgan fingerprint density at radius 1 is 1.53 bits per heavy atom. The third kappa shape index (κ3) is 1.81. The van der Waals surface area contributed by atoms with Crippen LogP contribution in [0.25, 0.3) is 0 Å². The van der Waals surface area contributed by atoms with E-state index in [2.05, 4.69) is 11.9 Å². The smallest absolute Gasteiger partial charge is 0.251 e. The van der Waals surface area contributed by atoms with Gasteiger partial charge in [0.25, 0.3) is 5.91 Å². The van der Waals surface area contributed by atoms with E-state index < -0.39 is 0 Å². The number of nitrogens with one attached hydrogen (secondary N) is 1. The van der Waals surface area contributed by atoms with Gasteiger partial charge in [0.05, 0.1) is 0 Å². The predicted octanol–water partition coefficient (Wildman–Crippen LogP) is 1.23. The van der Waals surface area contributed by atoms with Crippen molar-refractivity contribution >= 4 is 11.7 Å². The van der Waals surface area contributed by atoms with Crippen molar-refractivity contribution in [1.82, 2.24) is 5.32 Å². The van der Waals surface area contributed by atoms with E-state index in [0.717, 1.165) is 11.1 Å². The molecule has 76 valence electrons. The van der Waals surface area contributed by atoms with E-state index >= 15 is 0 Å². The summed E-state index contributed by atoms with van der Waals surface area (Å²) in [6.07, 6.45) is 1.61. The van der Waals surface area contributed by atoms with Crippen molar-refractivity contribution in [3.8, 4) is 0 Å². The van der Waals surface area contributed by atoms with Gasteiger partial charge < -0.3 is 5.32 Å². The first kappa shape index (κ1) is 9.65. The van der Waals surface area contributed by atoms with Crippen molar-refractivity contribution in [1.29, 1.82) is 0 Å². The molecule has 0 bridgehead atoms. The Labute approximate surface area is 87.8 Å². The van der Waals surface area contributed by atoms with Crippen LogP contribution >= 0.6 is 0 Å². The molecule has 3 heteroatoms. The molecule has 1 amide bonds. The molecule has 0 radical (unpaired) electrons. The van der Waals surface area contributed by atoms with Crippen molar-refractivity contribution in [2.45, 2.75) is 13.0 Å². The molecule has 1 aliphatic rings. The third-order valence-corrected chi connectivity index (χ3v) is 2.46. The standard InChI is InChI=1S/C12H11NO2/c1-2-10(14)5-8-3-4-9-7-13-12(15)11(9)6-8/h2-4,6H,1,5,7H2,(H,13,15). The summed E-state index contributed by atoms with van der Waals surface area (Å²) >= 11 is 0. The largest absolute Gasteiger partial charge is 0.348 e. The Balaban J connectivity index is 2.29. The predicted molar refractivity (Wildman–Crippen MR) is 56.5 cm³/mol. The molecule has 0 spiro atoms. The van der Waals surface area contributed by atoms with Crippen LogP contribution in [0.15, 0.2) is 30.9 Å². The summed E-state index contributed by atoms with van der Waals surface area (Å²) in [5, 5.41) is 2.74. The van der Waals surface area contributed by atoms with Gasteiger partial charge >= 0.3 is 0 Å². The SMILES string of the molecule is C=CC(=O)Cc1ccc2c(c1)C(=O)NC2. The number of fused-ring (bicyclic) bond motifs is 1. The van der Waals surface area contributed by atoms with Gasteiger partial charge in [-0.05, 0) is 23.3 Å². The third-order valence-electron chi connectivity index (χ3n) is 2.46. The number of benzene rings is 1. The minimum absolute atomic E-state index is 0.0339. The first-order valence-electron chi connectivity index (χ1n) is 4.76. The van der Waals surface area contributed by atoms with Gasteiger partial charge in [-0.2, -0.15) is 0 Å². The lowest BCUT2D eigenvalue weighted by Crippen LogP contribution is -2.12. The Morgan fingerprint density at radius 3 is 3.07 bits per heavy atom. The van der Waals surface area contributed by atoms with E-state index in [4.69, 9.17) is 0 Å². The summed E-state index contributed by atoms with van der Waals surface area (Å²) in [6.45, 7) is 4.00. The summed E-state index contributed by atoms with van der Waals surface area (Å²) < 4.78 is 0. The number of hydrogen-bond donors (Lipinski definition) is 1. The topological polar surface area (TPSA) is 46.2 Å². The summed E-state index contributed by atoms with van der Waals surface area (Å²) in [7, 11) is 0. The maximum atomic E-state index is 11.4. The zero-order chi connectivity index (χ0) is 10.8. The van der Waals surface area contributed by atoms with Gasteiger partial charge in [-0.15, -0.1) is 0 Å². The van der Waals surface area contributed by atoms with E-state index in [0.29, 0.717) is 18.5 Å². The van der Waals surface area contributed by atoms with Crippen LogP contribution in [0.3, 0.4) is 0 Å². The average molecular weight is 201 g/mol. The van der Waals surface area contributed by atoms with Crippen LogP contribution in [-0.4, -0.2) is 11.7 Å². The molecule has 1 N–H and O–H groups in total. The van der Waals surface area contributed by atoms with Crippen LogP contribution in [0.5, 0.6) is 0 Å². The fraction of sp³-hybridized carbons (Fsp3) is 0.167. The lowest BCUT2D eigenvalue weighted by atomic mass is 10.0. The summed E-state index contributed by atoms with van der Waals surface area (Å²) in [5.41, 5.74) is 2.54. The highest BCUT2D eigenvalue weighted by Gasteiger charge is 2.18. The second-order valence-electron chi connectivity index (χ2n) is 3.52. The van der Waals surface area contributed by atoms with Crippen molar-refractivity contribution < 1.29 is 9.59 Å². The molecule has 1 aliphatic heterocycles. The number of amides is 1. The van der Waals surface area contributed by atoms with Crippen LogP contribution in [0.4, 0.5) is 0 Å². The maximum Gasteiger partial charge on any atom is 0.251 e. The summed E-state index contributed by atoms with van der Waals surface area (Å²) in [5.74, 6) is -0.0914. The van der Waals surface area contributed by atoms with Crippen molar-refractivity contribution in [2.24, 2.45) is 0 Å². The Bertz CT molecular complexity index is 449. The van der Waals surface area contributed by atoms with E-state index in [1.807, 2.05) is 12.1 Å². The normalized spacial score (nSPS) is 13.2. The Hall–Kier alpha value is -1.90. The molecule has 0 fully saturated rings. The molecule has 0 unspecified atom stereocenters. The Morgan fingerprint density at radius 2 is 2.33 bits per heavy atom. The Kier molecular flexibility index (Phi) is 2.37. The van der Waals surface area contributed by atoms with Gasteiger partial charge in [0.15, 0.2) is 5.78 Å². The highest BCUT2D eigenvalue weighted by Crippen LogP contribution is 2.17. The molecule has 1 aromatic rings. The molecule has 0 saturated heterocycles. The first-order chi connectivity index (χ1) is 7.20. The van der Waals surface area contributed by atoms with Crippen molar-refractivity contribution in [2.75, 3.05) is 0 Å². The fourth-order valence-electron chi connectivity index (χ4n) is 1.64. The molecular weight excluding hydrogens is 190 g/mol. The molecule has 1 aromatic carbocycles. The monoisotopic (exact) mass is 201 g/mol. The average Bonchev–Trinajstić information content (AvgIpc) is 2.60. The van der Waals surface area contributed by atoms with Gasteiger partial charge in [-0.25, -0.2) is 0 Å². The molecular formula is C12H11NO2. The number of rotatable bonds is 3. The minimum atomic E-state index is -0.0575. The maximum absolute atomic E-state index is 11.4. The van der Waals surface area contributed by atoms with E-state index in [1.165, 1.54) is 6.08 Å². The van der Waals surface area contributed by atoms with Gasteiger partial charge in [-0.1, -0.05) is 18.7 Å². The molecule has 2 rings (SSSR count). The number of hydrogen-bond acceptors (Lipinski definition) is 2. The van der Waals surface area contributed by atoms with Gasteiger partial charge in [-0.3, -0.25) is 9.59 Å². The van der Waals surface area contributed by atoms with Crippen molar-refractivity contribution in [3.05, 3.63) is 47.5 Å². The van der Waals surface area contributed by atoms with Crippen molar-refractivity contribution in [3.63, 3.8) is 0 Å². The number of carbonyl (C=O) groups is 2. The molecule has 0 aromatic heterocycles. The number of ketones is 1. The fourth-order valence-corrected chi connectivity index (χ4v) is 1.64. The van der Waals surface area contributed by atoms with Crippen LogP contribution in [-0.2, 0) is 17.8 Å². The lowest BCUT2D eigenvalue weighted by molar-refractivity contribution is -0.114. The zero-order valence-electron chi connectivity index (χ0n) is 8.25. The summed E-state index contributed by atoms with van der Waals surface area (Å²) in [4.78, 5) is 22.5. The minimum Gasteiger partial charge on any atom is -0.348 e. The molecule has 3 nitrogen and oxygen atoms in total. The van der Waals surface area contributed by atoms with Crippen LogP contribution < -0.4 is 5.32 Å². The molecule has 0 atom stereocenters. The second-order valence-corrected chi connectivity index (χ2v) is 3.52. The second kappa shape index (κ2) is 3.69. The highest BCUT2D eigenvalue weighted by atomic mass is 16.2. The molecule has 0 saturated carbocycles. The van der Waals surface area contributed by atoms with Crippen LogP contribution in [0.2, 0.25) is 0 Å². The van der Waals surface area contributed by atoms with Gasteiger partial charge in [0, 0.05) is 18.5 Å². The van der Waals surface area contributed by atoms with Gasteiger partial charge in [0.1, 0.15) is 0 Å². The zero-order valence-corrected chi connectivity index (χ0v) is 8.25. The number of carbonyl (C=O) groups excluding carboxylic acids is 2.